The van der Waals surface area contributed by atoms with Crippen molar-refractivity contribution in [3.63, 3.8) is 0 Å². The molecule has 0 fully saturated rings. The van der Waals surface area contributed by atoms with Crippen LogP contribution < -0.4 is 0 Å². The Labute approximate surface area is 59.2 Å². The number of hydrogen-bond acceptors (Lipinski definition) is 2. The van der Waals surface area contributed by atoms with E-state index in [1.807, 2.05) is 0 Å². The van der Waals surface area contributed by atoms with E-state index in [1.165, 1.54) is 0 Å². The topological polar surface area (TPSA) is 34.1 Å². The van der Waals surface area contributed by atoms with Crippen molar-refractivity contribution in [1.29, 1.82) is 0 Å². The van der Waals surface area contributed by atoms with Crippen LogP contribution in [0, 0.1) is 0 Å². The quantitative estimate of drug-likeness (QED) is 0.635. The summed E-state index contributed by atoms with van der Waals surface area (Å²) in [5.41, 5.74) is 0. The smallest absolute Gasteiger partial charge is 0.229 e. The lowest BCUT2D eigenvalue weighted by atomic mass is 10.6. The highest BCUT2D eigenvalue weighted by Crippen LogP contribution is 2.00. The van der Waals surface area contributed by atoms with Gasteiger partial charge in [0, 0.05) is 0 Å². The Hall–Kier alpha value is -0.190. The van der Waals surface area contributed by atoms with E-state index in [0.29, 0.717) is 6.42 Å². The molecule has 0 amide bonds. The van der Waals surface area contributed by atoms with Gasteiger partial charge < -0.3 is 0 Å². The van der Waals surface area contributed by atoms with E-state index >= 15 is 0 Å². The fourth-order valence-corrected chi connectivity index (χ4v) is 1.76. The van der Waals surface area contributed by atoms with Gasteiger partial charge in [-0.1, -0.05) is 6.92 Å². The van der Waals surface area contributed by atoms with Gasteiger partial charge in [0.25, 0.3) is 6.43 Å². The van der Waals surface area contributed by atoms with Gasteiger partial charge in [0.15, 0.2) is 9.84 Å². The van der Waals surface area contributed by atoms with Crippen molar-refractivity contribution in [2.45, 2.75) is 19.8 Å². The Morgan fingerprint density at radius 1 is 1.40 bits per heavy atom. The molecule has 0 atom stereocenters. The fourth-order valence-electron chi connectivity index (χ4n) is 0.586. The Morgan fingerprint density at radius 3 is 2.20 bits per heavy atom. The second kappa shape index (κ2) is 3.85. The lowest BCUT2D eigenvalue weighted by Gasteiger charge is -1.99. The molecule has 2 nitrogen and oxygen atoms in total. The van der Waals surface area contributed by atoms with Crippen LogP contribution in [0.15, 0.2) is 0 Å². The van der Waals surface area contributed by atoms with E-state index in [1.54, 1.807) is 6.92 Å². The van der Waals surface area contributed by atoms with E-state index in [0.717, 1.165) is 0 Å². The van der Waals surface area contributed by atoms with Gasteiger partial charge in [-0.15, -0.1) is 0 Å². The number of sulfone groups is 1. The molecule has 0 aromatic heterocycles. The third-order valence-electron chi connectivity index (χ3n) is 0.895. The molecule has 0 heterocycles. The van der Waals surface area contributed by atoms with Crippen LogP contribution in [0.2, 0.25) is 0 Å². The number of rotatable bonds is 4. The molecule has 0 aliphatic heterocycles. The maximum Gasteiger partial charge on any atom is 0.252 e. The summed E-state index contributed by atoms with van der Waals surface area (Å²) in [7, 11) is -3.48. The summed E-state index contributed by atoms with van der Waals surface area (Å²) in [6.07, 6.45) is -2.34. The summed E-state index contributed by atoms with van der Waals surface area (Å²) in [5, 5.41) is 0. The molecule has 0 saturated carbocycles. The first kappa shape index (κ1) is 9.81. The standard InChI is InChI=1S/C5H10F2O2S/c1-2-3-10(8,9)4-5(6)7/h5H,2-4H2,1H3. The Balaban J connectivity index is 3.89. The molecule has 10 heavy (non-hydrogen) atoms. The van der Waals surface area contributed by atoms with Crippen LogP contribution in [0.1, 0.15) is 13.3 Å². The second-order valence-corrected chi connectivity index (χ2v) is 4.23. The van der Waals surface area contributed by atoms with Crippen LogP contribution in [-0.2, 0) is 9.84 Å². The largest absolute Gasteiger partial charge is 0.252 e. The van der Waals surface area contributed by atoms with Gasteiger partial charge in [-0.3, -0.25) is 0 Å². The van der Waals surface area contributed by atoms with E-state index in [9.17, 15) is 17.2 Å². The molecular weight excluding hydrogens is 162 g/mol. The molecule has 5 heteroatoms. The summed E-state index contributed by atoms with van der Waals surface area (Å²) >= 11 is 0. The molecule has 0 N–H and O–H groups in total. The van der Waals surface area contributed by atoms with Crippen LogP contribution >= 0.6 is 0 Å². The van der Waals surface area contributed by atoms with Gasteiger partial charge in [0.2, 0.25) is 0 Å². The predicted octanol–water partition coefficient (Wildman–Crippen LogP) is 1.08. The van der Waals surface area contributed by atoms with Gasteiger partial charge in [-0.05, 0) is 6.42 Å². The minimum atomic E-state index is -3.48. The predicted molar refractivity (Wildman–Crippen MR) is 34.9 cm³/mol. The molecule has 0 saturated heterocycles. The molecule has 62 valence electrons. The lowest BCUT2D eigenvalue weighted by Crippen LogP contribution is -2.16. The molecule has 0 aromatic carbocycles. The van der Waals surface area contributed by atoms with Gasteiger partial charge in [-0.25, -0.2) is 17.2 Å². The molecule has 0 rings (SSSR count). The average Bonchev–Trinajstić information content (AvgIpc) is 1.59. The van der Waals surface area contributed by atoms with Crippen molar-refractivity contribution in [1.82, 2.24) is 0 Å². The molecular formula is C5H10F2O2S. The van der Waals surface area contributed by atoms with Crippen LogP contribution in [0.25, 0.3) is 0 Å². The molecule has 0 aliphatic carbocycles. The minimum Gasteiger partial charge on any atom is -0.229 e. The highest BCUT2D eigenvalue weighted by Gasteiger charge is 2.16. The Bertz CT molecular complexity index is 174. The second-order valence-electron chi connectivity index (χ2n) is 2.01. The zero-order valence-electron chi connectivity index (χ0n) is 5.68. The van der Waals surface area contributed by atoms with Gasteiger partial charge >= 0.3 is 0 Å². The summed E-state index contributed by atoms with van der Waals surface area (Å²) < 4.78 is 44.1. The zero-order valence-corrected chi connectivity index (χ0v) is 6.50. The fraction of sp³-hybridized carbons (Fsp3) is 1.00. The van der Waals surface area contributed by atoms with E-state index in [-0.39, 0.29) is 5.75 Å². The van der Waals surface area contributed by atoms with Crippen molar-refractivity contribution in [2.24, 2.45) is 0 Å². The maximum atomic E-state index is 11.5. The molecule has 0 spiro atoms. The average molecular weight is 172 g/mol. The molecule has 0 unspecified atom stereocenters. The van der Waals surface area contributed by atoms with Gasteiger partial charge in [0.05, 0.1) is 5.75 Å². The highest BCUT2D eigenvalue weighted by atomic mass is 32.2. The normalized spacial score (nSPS) is 12.4. The number of alkyl halides is 2. The first-order valence-corrected chi connectivity index (χ1v) is 4.78. The summed E-state index contributed by atoms with van der Waals surface area (Å²) in [6, 6.07) is 0. The molecule has 0 radical (unpaired) electrons. The van der Waals surface area contributed by atoms with Crippen LogP contribution in [0.4, 0.5) is 8.78 Å². The highest BCUT2D eigenvalue weighted by molar-refractivity contribution is 7.91. The van der Waals surface area contributed by atoms with Crippen molar-refractivity contribution >= 4 is 9.84 Å². The molecule has 0 bridgehead atoms. The first-order chi connectivity index (χ1) is 4.48. The van der Waals surface area contributed by atoms with Crippen molar-refractivity contribution in [2.75, 3.05) is 11.5 Å². The summed E-state index contributed by atoms with van der Waals surface area (Å²) in [5.74, 6) is -1.14. The van der Waals surface area contributed by atoms with Crippen molar-refractivity contribution in [3.8, 4) is 0 Å². The minimum absolute atomic E-state index is 0.142. The molecule has 0 aliphatic rings. The Kier molecular flexibility index (Phi) is 3.78. The Morgan fingerprint density at radius 2 is 1.90 bits per heavy atom. The van der Waals surface area contributed by atoms with Crippen LogP contribution in [0.3, 0.4) is 0 Å². The monoisotopic (exact) mass is 172 g/mol. The van der Waals surface area contributed by atoms with Crippen LogP contribution in [0.5, 0.6) is 0 Å². The SMILES string of the molecule is CCCS(=O)(=O)CC(F)F. The van der Waals surface area contributed by atoms with E-state index in [4.69, 9.17) is 0 Å². The third kappa shape index (κ3) is 4.67. The van der Waals surface area contributed by atoms with Crippen molar-refractivity contribution < 1.29 is 17.2 Å². The lowest BCUT2D eigenvalue weighted by molar-refractivity contribution is 0.174. The number of hydrogen-bond donors (Lipinski definition) is 0. The van der Waals surface area contributed by atoms with E-state index in [2.05, 4.69) is 0 Å². The zero-order chi connectivity index (χ0) is 8.20. The van der Waals surface area contributed by atoms with Gasteiger partial charge in [0.1, 0.15) is 5.75 Å². The maximum absolute atomic E-state index is 11.5. The van der Waals surface area contributed by atoms with Crippen molar-refractivity contribution in [3.05, 3.63) is 0 Å². The number of halogens is 2. The van der Waals surface area contributed by atoms with Gasteiger partial charge in [-0.2, -0.15) is 0 Å². The third-order valence-corrected chi connectivity index (χ3v) is 2.69. The summed E-state index contributed by atoms with van der Waals surface area (Å²) in [6.45, 7) is 1.64. The van der Waals surface area contributed by atoms with Crippen LogP contribution in [-0.4, -0.2) is 26.3 Å². The van der Waals surface area contributed by atoms with E-state index < -0.39 is 22.0 Å². The first-order valence-electron chi connectivity index (χ1n) is 2.96. The molecule has 0 aromatic rings. The summed E-state index contributed by atoms with van der Waals surface area (Å²) in [4.78, 5) is 0.